The number of nitrogens with one attached hydrogen (secondary N) is 1. The molecule has 2 aliphatic rings. The molecule has 17 nitrogen and oxygen atoms in total. The summed E-state index contributed by atoms with van der Waals surface area (Å²) >= 11 is 0. The van der Waals surface area contributed by atoms with Gasteiger partial charge in [0.05, 0.1) is 18.8 Å². The first-order valence-electron chi connectivity index (χ1n) is 9.97. The number of nitrogens with zero attached hydrogens (tertiary/aromatic N) is 1. The summed E-state index contributed by atoms with van der Waals surface area (Å²) in [5.74, 6) is -1.21. The molecule has 0 aliphatic carbocycles. The lowest BCUT2D eigenvalue weighted by Crippen LogP contribution is -2.54. The summed E-state index contributed by atoms with van der Waals surface area (Å²) in [6.45, 7) is 1.66. The maximum Gasteiger partial charge on any atom is 0.330 e. The predicted octanol–water partition coefficient (Wildman–Crippen LogP) is -3.48. The largest absolute Gasteiger partial charge is 0.756 e. The molecule has 3 heterocycles. The molecule has 2 fully saturated rings. The van der Waals surface area contributed by atoms with Crippen molar-refractivity contribution in [3.05, 3.63) is 32.6 Å². The Bertz CT molecular complexity index is 1170. The van der Waals surface area contributed by atoms with Gasteiger partial charge in [0.25, 0.3) is 21.2 Å². The van der Waals surface area contributed by atoms with E-state index in [1.165, 1.54) is 20.0 Å². The number of phosphoric acid groups is 2. The molecule has 0 saturated carbocycles. The normalized spacial score (nSPS) is 34.9. The second-order valence-corrected chi connectivity index (χ2v) is 10.7. The summed E-state index contributed by atoms with van der Waals surface area (Å²) in [5, 5.41) is 29.3. The van der Waals surface area contributed by atoms with E-state index in [1.807, 2.05) is 4.98 Å². The number of ketones is 1. The number of H-pyrrole nitrogens is 1. The molecule has 0 bridgehead atoms. The Morgan fingerprint density at radius 1 is 1.14 bits per heavy atom. The Morgan fingerprint density at radius 3 is 2.46 bits per heavy atom. The molecule has 3 rings (SSSR count). The van der Waals surface area contributed by atoms with Crippen LogP contribution in [0.2, 0.25) is 0 Å². The van der Waals surface area contributed by atoms with E-state index in [0.29, 0.717) is 0 Å². The number of hydrogen-bond acceptors (Lipinski definition) is 15. The summed E-state index contributed by atoms with van der Waals surface area (Å²) < 4.78 is 47.8. The smallest absolute Gasteiger partial charge is 0.330 e. The van der Waals surface area contributed by atoms with Crippen molar-refractivity contribution in [3.8, 4) is 0 Å². The summed E-state index contributed by atoms with van der Waals surface area (Å²) in [6.07, 6.45) is -10.3. The average molecular weight is 544 g/mol. The number of ether oxygens (including phenoxy) is 2. The van der Waals surface area contributed by atoms with E-state index in [4.69, 9.17) is 9.47 Å². The van der Waals surface area contributed by atoms with Crippen molar-refractivity contribution >= 4 is 21.4 Å². The van der Waals surface area contributed by atoms with E-state index in [0.717, 1.165) is 4.57 Å². The van der Waals surface area contributed by atoms with Crippen molar-refractivity contribution in [1.82, 2.24) is 9.55 Å². The number of aromatic nitrogens is 2. The van der Waals surface area contributed by atoms with Gasteiger partial charge in [-0.1, -0.05) is 0 Å². The van der Waals surface area contributed by atoms with Crippen molar-refractivity contribution in [3.63, 3.8) is 0 Å². The van der Waals surface area contributed by atoms with Gasteiger partial charge in [-0.25, -0.2) is 9.11 Å². The molecular weight excluding hydrogens is 522 g/mol. The van der Waals surface area contributed by atoms with Crippen molar-refractivity contribution < 1.29 is 61.9 Å². The highest BCUT2D eigenvalue weighted by Gasteiger charge is 2.44. The molecular formula is C16H22N2O15P2-2. The standard InChI is InChI=1S/C16H24N2O15P2/c1-6-4-18(16(24)17-14(6)23)10-3-8(19)9(31-10)5-29-34(25,26)33-35(27,28)32-15-13(22)12(21)11(20)7(2)30-15/h4,7-11,13,15,19-20,22H,3,5H2,1-2H3,(H,25,26)(H,27,28)(H,17,23,24)/p-2/t7-,8+,9-,10-,11-,13-,15-/m1/s1. The summed E-state index contributed by atoms with van der Waals surface area (Å²) in [7, 11) is -11.5. The fourth-order valence-corrected chi connectivity index (χ4v) is 5.35. The molecule has 19 heteroatoms. The fraction of sp³-hybridized carbons (Fsp3) is 0.688. The molecule has 2 aliphatic heterocycles. The lowest BCUT2D eigenvalue weighted by Gasteiger charge is -2.38. The molecule has 0 radical (unpaired) electrons. The van der Waals surface area contributed by atoms with Gasteiger partial charge in [-0.3, -0.25) is 32.8 Å². The number of aromatic amines is 1. The first-order valence-corrected chi connectivity index (χ1v) is 12.9. The third kappa shape index (κ3) is 6.60. The van der Waals surface area contributed by atoms with Crippen molar-refractivity contribution in [2.75, 3.05) is 6.61 Å². The number of aliphatic hydroxyl groups is 3. The SMILES string of the molecule is Cc1cn([C@H]2C[C@H](O)[C@@H](COP(=O)([O-])OP(=O)([O-])O[C@H]3O[C@H](C)[C@@H](O)C(=O)[C@H]3O)O2)c(=O)[nH]c1=O. The van der Waals surface area contributed by atoms with Crippen LogP contribution in [0.4, 0.5) is 0 Å². The van der Waals surface area contributed by atoms with Crippen LogP contribution in [0.3, 0.4) is 0 Å². The molecule has 198 valence electrons. The van der Waals surface area contributed by atoms with Crippen LogP contribution in [0, 0.1) is 6.92 Å². The summed E-state index contributed by atoms with van der Waals surface area (Å²) in [5.41, 5.74) is -1.29. The Kier molecular flexibility index (Phi) is 8.33. The minimum absolute atomic E-state index is 0.170. The quantitative estimate of drug-likeness (QED) is 0.232. The van der Waals surface area contributed by atoms with Crippen LogP contribution in [0.5, 0.6) is 0 Å². The fourth-order valence-electron chi connectivity index (χ4n) is 3.28. The van der Waals surface area contributed by atoms with Crippen LogP contribution in [0.25, 0.3) is 0 Å². The van der Waals surface area contributed by atoms with Gasteiger partial charge in [0, 0.05) is 18.2 Å². The molecule has 4 N–H and O–H groups in total. The van der Waals surface area contributed by atoms with E-state index in [2.05, 4.69) is 13.4 Å². The zero-order valence-corrected chi connectivity index (χ0v) is 19.9. The minimum Gasteiger partial charge on any atom is -0.756 e. The highest BCUT2D eigenvalue weighted by atomic mass is 31.3. The molecule has 1 aromatic heterocycles. The number of Topliss-reactive ketones (excluding diaryl/α,β-unsaturated/α-hetero) is 1. The number of aryl methyl sites for hydroxylation is 1. The van der Waals surface area contributed by atoms with Gasteiger partial charge < -0.3 is 39.1 Å². The number of rotatable bonds is 8. The zero-order chi connectivity index (χ0) is 26.3. The van der Waals surface area contributed by atoms with E-state index in [-0.39, 0.29) is 12.0 Å². The second kappa shape index (κ2) is 10.4. The van der Waals surface area contributed by atoms with Gasteiger partial charge >= 0.3 is 5.69 Å². The molecule has 0 spiro atoms. The van der Waals surface area contributed by atoms with Crippen molar-refractivity contribution in [2.24, 2.45) is 0 Å². The van der Waals surface area contributed by atoms with Gasteiger partial charge in [0.2, 0.25) is 0 Å². The minimum atomic E-state index is -5.80. The van der Waals surface area contributed by atoms with E-state index >= 15 is 0 Å². The maximum absolute atomic E-state index is 12.0. The van der Waals surface area contributed by atoms with E-state index in [1.54, 1.807) is 0 Å². The first kappa shape index (κ1) is 28.0. The van der Waals surface area contributed by atoms with Crippen LogP contribution in [-0.2, 0) is 36.8 Å². The molecule has 0 aromatic carbocycles. The van der Waals surface area contributed by atoms with Crippen LogP contribution in [0.1, 0.15) is 25.1 Å². The number of phosphoric ester groups is 2. The van der Waals surface area contributed by atoms with Crippen molar-refractivity contribution in [2.45, 2.75) is 63.3 Å². The number of carbonyl (C=O) groups excluding carboxylic acids is 1. The number of carbonyl (C=O) groups is 1. The second-order valence-electron chi connectivity index (χ2n) is 7.79. The van der Waals surface area contributed by atoms with Gasteiger partial charge in [-0.15, -0.1) is 0 Å². The monoisotopic (exact) mass is 544 g/mol. The van der Waals surface area contributed by atoms with Crippen LogP contribution < -0.4 is 21.0 Å². The van der Waals surface area contributed by atoms with E-state index in [9.17, 15) is 48.6 Å². The Morgan fingerprint density at radius 2 is 1.80 bits per heavy atom. The lowest BCUT2D eigenvalue weighted by atomic mass is 10.0. The topological polar surface area (TPSA) is 259 Å². The van der Waals surface area contributed by atoms with Gasteiger partial charge in [0.1, 0.15) is 18.4 Å². The highest BCUT2D eigenvalue weighted by molar-refractivity contribution is 7.59. The number of aliphatic hydroxyl groups excluding tert-OH is 3. The molecule has 2 saturated heterocycles. The maximum atomic E-state index is 12.0. The van der Waals surface area contributed by atoms with Crippen LogP contribution >= 0.6 is 15.6 Å². The van der Waals surface area contributed by atoms with E-state index < -0.39 is 82.3 Å². The zero-order valence-electron chi connectivity index (χ0n) is 18.1. The molecule has 35 heavy (non-hydrogen) atoms. The Hall–Kier alpha value is -1.59. The Balaban J connectivity index is 1.59. The highest BCUT2D eigenvalue weighted by Crippen LogP contribution is 2.56. The number of hydrogen-bond donors (Lipinski definition) is 4. The lowest BCUT2D eigenvalue weighted by molar-refractivity contribution is -0.274. The van der Waals surface area contributed by atoms with Gasteiger partial charge in [-0.2, -0.15) is 0 Å². The van der Waals surface area contributed by atoms with Gasteiger partial charge in [-0.05, 0) is 13.8 Å². The molecule has 0 amide bonds. The summed E-state index contributed by atoms with van der Waals surface area (Å²) in [4.78, 5) is 61.1. The van der Waals surface area contributed by atoms with Crippen LogP contribution in [0.15, 0.2) is 15.8 Å². The van der Waals surface area contributed by atoms with Crippen LogP contribution in [-0.4, -0.2) is 74.1 Å². The summed E-state index contributed by atoms with van der Waals surface area (Å²) in [6, 6.07) is 0. The average Bonchev–Trinajstić information content (AvgIpc) is 3.11. The van der Waals surface area contributed by atoms with Gasteiger partial charge in [0.15, 0.2) is 18.2 Å². The first-order chi connectivity index (χ1) is 16.1. The molecule has 1 aromatic rings. The Labute approximate surface area is 196 Å². The third-order valence-corrected chi connectivity index (χ3v) is 7.66. The molecule has 2 unspecified atom stereocenters. The molecule has 9 atom stereocenters. The van der Waals surface area contributed by atoms with Crippen molar-refractivity contribution in [1.29, 1.82) is 0 Å². The third-order valence-electron chi connectivity index (χ3n) is 5.12. The predicted molar refractivity (Wildman–Crippen MR) is 105 cm³/mol.